The molecule has 2 amide bonds. The van der Waals surface area contributed by atoms with E-state index in [9.17, 15) is 39.4 Å². The second kappa shape index (κ2) is 12.4. The minimum Gasteiger partial charge on any atom is -0.508 e. The average molecular weight is 595 g/mol. The Morgan fingerprint density at radius 3 is 2.08 bits per heavy atom. The Labute approximate surface area is 233 Å². The summed E-state index contributed by atoms with van der Waals surface area (Å²) in [5.41, 5.74) is 0.302. The molecule has 13 heteroatoms. The van der Waals surface area contributed by atoms with Crippen molar-refractivity contribution in [2.45, 2.75) is 12.5 Å². The van der Waals surface area contributed by atoms with E-state index in [0.717, 1.165) is 18.2 Å². The Kier molecular flexibility index (Phi) is 9.50. The first kappa shape index (κ1) is 29.8. The molecular formula is C26H25Cl2N2O8P. The molecule has 0 spiro atoms. The highest BCUT2D eigenvalue weighted by atomic mass is 35.5. The second-order valence-corrected chi connectivity index (χ2v) is 12.8. The number of aromatic hydroxyl groups is 3. The number of phenolic OH excluding ortho intramolecular Hbond substituents is 3. The Hall–Kier alpha value is -3.72. The normalized spacial score (nSPS) is 13.2. The Morgan fingerprint density at radius 1 is 0.897 bits per heavy atom. The molecule has 3 aromatic carbocycles. The standard InChI is InChI=1S/C26H25Cl2N2O8P/c1-39(38,19-4-2-3-16(31)12-19)6-5-14-7-20(27)23(21(28)8-14)25(35)30-22(26(36)37)13-29-24(34)15-9-17(32)11-18(33)10-15/h2-4,7-12,22,31-33H,5-6,13H2,1H3,(H,29,34)(H,30,35)(H,36,37). The first-order chi connectivity index (χ1) is 18.3. The van der Waals surface area contributed by atoms with Gasteiger partial charge in [0, 0.05) is 29.6 Å². The van der Waals surface area contributed by atoms with Gasteiger partial charge in [-0.25, -0.2) is 4.79 Å². The molecule has 0 aromatic heterocycles. The van der Waals surface area contributed by atoms with E-state index in [1.54, 1.807) is 18.8 Å². The summed E-state index contributed by atoms with van der Waals surface area (Å²) in [4.78, 5) is 36.9. The van der Waals surface area contributed by atoms with Crippen LogP contribution in [0, 0.1) is 0 Å². The van der Waals surface area contributed by atoms with Crippen molar-refractivity contribution in [2.75, 3.05) is 19.4 Å². The fourth-order valence-electron chi connectivity index (χ4n) is 3.70. The predicted octanol–water partition coefficient (Wildman–Crippen LogP) is 3.58. The van der Waals surface area contributed by atoms with Crippen molar-refractivity contribution in [3.63, 3.8) is 0 Å². The maximum Gasteiger partial charge on any atom is 0.328 e. The van der Waals surface area contributed by atoms with Crippen LogP contribution >= 0.6 is 30.3 Å². The van der Waals surface area contributed by atoms with Crippen molar-refractivity contribution in [3.05, 3.63) is 81.3 Å². The summed E-state index contributed by atoms with van der Waals surface area (Å²) in [6, 6.07) is 10.8. The Bertz CT molecular complexity index is 1440. The van der Waals surface area contributed by atoms with Crippen LogP contribution in [0.3, 0.4) is 0 Å². The monoisotopic (exact) mass is 594 g/mol. The van der Waals surface area contributed by atoms with Gasteiger partial charge in [-0.1, -0.05) is 35.3 Å². The number of halogens is 2. The van der Waals surface area contributed by atoms with Crippen LogP contribution in [0.5, 0.6) is 17.2 Å². The number of nitrogens with one attached hydrogen (secondary N) is 2. The van der Waals surface area contributed by atoms with Crippen LogP contribution in [-0.4, -0.2) is 63.6 Å². The van der Waals surface area contributed by atoms with E-state index in [2.05, 4.69) is 10.6 Å². The number of rotatable bonds is 10. The second-order valence-electron chi connectivity index (χ2n) is 8.84. The van der Waals surface area contributed by atoms with Crippen LogP contribution in [0.2, 0.25) is 10.0 Å². The van der Waals surface area contributed by atoms with E-state index >= 15 is 0 Å². The van der Waals surface area contributed by atoms with Gasteiger partial charge in [0.25, 0.3) is 11.8 Å². The van der Waals surface area contributed by atoms with Gasteiger partial charge >= 0.3 is 5.97 Å². The first-order valence-corrected chi connectivity index (χ1v) is 14.6. The number of phenols is 3. The molecule has 0 aliphatic carbocycles. The summed E-state index contributed by atoms with van der Waals surface area (Å²) in [7, 11) is -2.83. The van der Waals surface area contributed by atoms with Crippen LogP contribution in [0.15, 0.2) is 54.6 Å². The number of hydrogen-bond donors (Lipinski definition) is 6. The van der Waals surface area contributed by atoms with Crippen molar-refractivity contribution in [3.8, 4) is 17.2 Å². The highest BCUT2D eigenvalue weighted by Crippen LogP contribution is 2.41. The van der Waals surface area contributed by atoms with Crippen molar-refractivity contribution in [1.82, 2.24) is 10.6 Å². The van der Waals surface area contributed by atoms with Gasteiger partial charge in [0.05, 0.1) is 15.6 Å². The molecule has 0 heterocycles. The summed E-state index contributed by atoms with van der Waals surface area (Å²) in [6.45, 7) is 1.07. The van der Waals surface area contributed by atoms with E-state index in [1.807, 2.05) is 0 Å². The lowest BCUT2D eigenvalue weighted by Crippen LogP contribution is -2.48. The topological polar surface area (TPSA) is 173 Å². The molecule has 6 N–H and O–H groups in total. The fourth-order valence-corrected chi connectivity index (χ4v) is 6.15. The molecule has 10 nitrogen and oxygen atoms in total. The van der Waals surface area contributed by atoms with Crippen LogP contribution in [-0.2, 0) is 15.8 Å². The minimum absolute atomic E-state index is 0.00826. The van der Waals surface area contributed by atoms with E-state index in [1.165, 1.54) is 24.3 Å². The zero-order valence-corrected chi connectivity index (χ0v) is 22.9. The Balaban J connectivity index is 1.68. The lowest BCUT2D eigenvalue weighted by molar-refractivity contribution is -0.139. The largest absolute Gasteiger partial charge is 0.508 e. The lowest BCUT2D eigenvalue weighted by atomic mass is 10.1. The summed E-state index contributed by atoms with van der Waals surface area (Å²) >= 11 is 12.6. The number of aryl methyl sites for hydroxylation is 1. The van der Waals surface area contributed by atoms with Gasteiger partial charge in [-0.05, 0) is 55.0 Å². The molecule has 0 saturated heterocycles. The molecule has 0 radical (unpaired) electrons. The first-order valence-electron chi connectivity index (χ1n) is 11.5. The number of aliphatic carboxylic acids is 1. The molecule has 0 bridgehead atoms. The maximum absolute atomic E-state index is 13.2. The zero-order chi connectivity index (χ0) is 28.9. The van der Waals surface area contributed by atoms with E-state index in [0.29, 0.717) is 17.3 Å². The van der Waals surface area contributed by atoms with Gasteiger partial charge in [0.1, 0.15) is 30.4 Å². The zero-order valence-electron chi connectivity index (χ0n) is 20.5. The number of carboxylic acid groups (broad SMARTS) is 1. The van der Waals surface area contributed by atoms with E-state index < -0.39 is 37.5 Å². The number of hydrogen-bond acceptors (Lipinski definition) is 7. The molecule has 0 aliphatic heterocycles. The smallest absolute Gasteiger partial charge is 0.328 e. The molecule has 3 rings (SSSR count). The van der Waals surface area contributed by atoms with Gasteiger partial charge in [-0.15, -0.1) is 0 Å². The third-order valence-electron chi connectivity index (χ3n) is 5.77. The quantitative estimate of drug-likeness (QED) is 0.193. The van der Waals surface area contributed by atoms with Gasteiger partial charge in [-0.3, -0.25) is 9.59 Å². The molecule has 2 unspecified atom stereocenters. The van der Waals surface area contributed by atoms with Gasteiger partial charge < -0.3 is 35.6 Å². The molecule has 39 heavy (non-hydrogen) atoms. The number of carboxylic acids is 1. The number of carbonyl (C=O) groups is 3. The average Bonchev–Trinajstić information content (AvgIpc) is 2.84. The van der Waals surface area contributed by atoms with E-state index in [4.69, 9.17) is 23.2 Å². The highest BCUT2D eigenvalue weighted by molar-refractivity contribution is 7.70. The van der Waals surface area contributed by atoms with Gasteiger partial charge in [0.2, 0.25) is 0 Å². The van der Waals surface area contributed by atoms with Crippen LogP contribution in [0.4, 0.5) is 0 Å². The highest BCUT2D eigenvalue weighted by Gasteiger charge is 2.25. The predicted molar refractivity (Wildman–Crippen MR) is 147 cm³/mol. The SMILES string of the molecule is CP(=O)(CCc1cc(Cl)c(C(=O)NC(CNC(=O)c2cc(O)cc(O)c2)C(=O)O)c(Cl)c1)c1cccc(O)c1. The van der Waals surface area contributed by atoms with Crippen molar-refractivity contribution in [2.24, 2.45) is 0 Å². The lowest BCUT2D eigenvalue weighted by Gasteiger charge is -2.18. The number of benzene rings is 3. The summed E-state index contributed by atoms with van der Waals surface area (Å²) < 4.78 is 13.2. The molecular weight excluding hydrogens is 570 g/mol. The van der Waals surface area contributed by atoms with Gasteiger partial charge in [0.15, 0.2) is 0 Å². The van der Waals surface area contributed by atoms with Crippen LogP contribution in [0.1, 0.15) is 26.3 Å². The molecule has 3 aromatic rings. The van der Waals surface area contributed by atoms with E-state index in [-0.39, 0.29) is 44.6 Å². The van der Waals surface area contributed by atoms with Crippen LogP contribution < -0.4 is 15.9 Å². The van der Waals surface area contributed by atoms with Crippen molar-refractivity contribution >= 4 is 53.4 Å². The molecule has 2 atom stereocenters. The third-order valence-corrected chi connectivity index (χ3v) is 8.81. The third kappa shape index (κ3) is 7.89. The van der Waals surface area contributed by atoms with Crippen molar-refractivity contribution in [1.29, 1.82) is 0 Å². The molecule has 206 valence electrons. The molecule has 0 aliphatic rings. The summed E-state index contributed by atoms with van der Waals surface area (Å²) in [5.74, 6) is -3.85. The molecule has 0 fully saturated rings. The van der Waals surface area contributed by atoms with Crippen LogP contribution in [0.25, 0.3) is 0 Å². The van der Waals surface area contributed by atoms with Crippen molar-refractivity contribution < 1.29 is 39.4 Å². The van der Waals surface area contributed by atoms with Gasteiger partial charge in [-0.2, -0.15) is 0 Å². The summed E-state index contributed by atoms with van der Waals surface area (Å²) in [5, 5.41) is 43.2. The summed E-state index contributed by atoms with van der Waals surface area (Å²) in [6.07, 6.45) is 0.547. The maximum atomic E-state index is 13.2. The Morgan fingerprint density at radius 2 is 1.51 bits per heavy atom. The minimum atomic E-state index is -2.83. The number of carbonyl (C=O) groups excluding carboxylic acids is 2. The number of amides is 2. The fraction of sp³-hybridized carbons (Fsp3) is 0.192. The molecule has 0 saturated carbocycles.